The Morgan fingerprint density at radius 3 is 2.59 bits per heavy atom. The highest BCUT2D eigenvalue weighted by atomic mass is 16.5. The Morgan fingerprint density at radius 1 is 0.955 bits per heavy atom. The van der Waals surface area contributed by atoms with Gasteiger partial charge in [-0.05, 0) is 79.0 Å². The molecule has 22 heavy (non-hydrogen) atoms. The van der Waals surface area contributed by atoms with Gasteiger partial charge in [0.15, 0.2) is 0 Å². The molecule has 0 fully saturated rings. The SMILES string of the molecule is COc1cccc(CCC2CCc3cc(OC)ccc3C2)c1. The van der Waals surface area contributed by atoms with Crippen LogP contribution in [0.1, 0.15) is 29.5 Å². The molecule has 2 heteroatoms. The average Bonchev–Trinajstić information content (AvgIpc) is 2.59. The molecule has 3 rings (SSSR count). The Kier molecular flexibility index (Phi) is 4.67. The molecule has 0 aromatic heterocycles. The number of hydrogen-bond donors (Lipinski definition) is 0. The molecule has 0 radical (unpaired) electrons. The van der Waals surface area contributed by atoms with Gasteiger partial charge in [-0.2, -0.15) is 0 Å². The summed E-state index contributed by atoms with van der Waals surface area (Å²) in [5.41, 5.74) is 4.35. The molecule has 1 aliphatic carbocycles. The molecule has 116 valence electrons. The van der Waals surface area contributed by atoms with Gasteiger partial charge in [0, 0.05) is 0 Å². The zero-order valence-corrected chi connectivity index (χ0v) is 13.5. The molecule has 0 saturated carbocycles. The van der Waals surface area contributed by atoms with E-state index in [0.717, 1.165) is 23.8 Å². The maximum Gasteiger partial charge on any atom is 0.119 e. The highest BCUT2D eigenvalue weighted by Crippen LogP contribution is 2.31. The first kappa shape index (κ1) is 15.0. The number of aryl methyl sites for hydroxylation is 2. The first-order valence-corrected chi connectivity index (χ1v) is 8.07. The summed E-state index contributed by atoms with van der Waals surface area (Å²) in [7, 11) is 3.47. The van der Waals surface area contributed by atoms with Crippen LogP contribution in [0.25, 0.3) is 0 Å². The molecule has 0 heterocycles. The van der Waals surface area contributed by atoms with Crippen LogP contribution in [-0.2, 0) is 19.3 Å². The molecular weight excluding hydrogens is 272 g/mol. The lowest BCUT2D eigenvalue weighted by atomic mass is 9.81. The monoisotopic (exact) mass is 296 g/mol. The molecular formula is C20H24O2. The van der Waals surface area contributed by atoms with Gasteiger partial charge in [0.25, 0.3) is 0 Å². The first-order valence-electron chi connectivity index (χ1n) is 8.07. The molecule has 0 N–H and O–H groups in total. The number of fused-ring (bicyclic) bond motifs is 1. The molecule has 0 aliphatic heterocycles. The Bertz CT molecular complexity index is 633. The summed E-state index contributed by atoms with van der Waals surface area (Å²) >= 11 is 0. The molecule has 2 aromatic carbocycles. The van der Waals surface area contributed by atoms with E-state index in [0.29, 0.717) is 0 Å². The van der Waals surface area contributed by atoms with Crippen LogP contribution < -0.4 is 9.47 Å². The molecule has 1 aliphatic rings. The molecule has 0 spiro atoms. The van der Waals surface area contributed by atoms with Crippen LogP contribution in [0.15, 0.2) is 42.5 Å². The molecule has 2 nitrogen and oxygen atoms in total. The quantitative estimate of drug-likeness (QED) is 0.812. The van der Waals surface area contributed by atoms with Gasteiger partial charge in [0.05, 0.1) is 14.2 Å². The van der Waals surface area contributed by atoms with Gasteiger partial charge in [-0.25, -0.2) is 0 Å². The van der Waals surface area contributed by atoms with E-state index in [2.05, 4.69) is 36.4 Å². The maximum absolute atomic E-state index is 5.32. The third kappa shape index (κ3) is 3.44. The second-order valence-corrected chi connectivity index (χ2v) is 6.13. The summed E-state index contributed by atoms with van der Waals surface area (Å²) < 4.78 is 10.6. The van der Waals surface area contributed by atoms with E-state index in [-0.39, 0.29) is 0 Å². The van der Waals surface area contributed by atoms with Crippen molar-refractivity contribution < 1.29 is 9.47 Å². The molecule has 1 atom stereocenters. The first-order chi connectivity index (χ1) is 10.8. The smallest absolute Gasteiger partial charge is 0.119 e. The Hall–Kier alpha value is -1.96. The largest absolute Gasteiger partial charge is 0.497 e. The van der Waals surface area contributed by atoms with Crippen LogP contribution >= 0.6 is 0 Å². The summed E-state index contributed by atoms with van der Waals surface area (Å²) in [6.07, 6.45) is 6.04. The van der Waals surface area contributed by atoms with Crippen LogP contribution in [0.5, 0.6) is 11.5 Å². The highest BCUT2D eigenvalue weighted by Gasteiger charge is 2.19. The van der Waals surface area contributed by atoms with Crippen LogP contribution in [0.2, 0.25) is 0 Å². The molecule has 0 bridgehead atoms. The molecule has 1 unspecified atom stereocenters. The minimum absolute atomic E-state index is 0.784. The lowest BCUT2D eigenvalue weighted by molar-refractivity contribution is 0.405. The average molecular weight is 296 g/mol. The van der Waals surface area contributed by atoms with Gasteiger partial charge in [0.1, 0.15) is 11.5 Å². The second-order valence-electron chi connectivity index (χ2n) is 6.13. The van der Waals surface area contributed by atoms with Gasteiger partial charge < -0.3 is 9.47 Å². The van der Waals surface area contributed by atoms with E-state index < -0.39 is 0 Å². The van der Waals surface area contributed by atoms with Gasteiger partial charge in [-0.1, -0.05) is 18.2 Å². The normalized spacial score (nSPS) is 16.9. The Labute approximate surface area is 133 Å². The molecule has 2 aromatic rings. The summed E-state index contributed by atoms with van der Waals surface area (Å²) in [4.78, 5) is 0. The van der Waals surface area contributed by atoms with Crippen LogP contribution in [-0.4, -0.2) is 14.2 Å². The van der Waals surface area contributed by atoms with Crippen molar-refractivity contribution in [1.82, 2.24) is 0 Å². The fourth-order valence-corrected chi connectivity index (χ4v) is 3.38. The Balaban J connectivity index is 1.60. The third-order valence-corrected chi connectivity index (χ3v) is 4.72. The predicted molar refractivity (Wildman–Crippen MR) is 89.8 cm³/mol. The number of hydrogen-bond acceptors (Lipinski definition) is 2. The van der Waals surface area contributed by atoms with E-state index in [4.69, 9.17) is 9.47 Å². The number of rotatable bonds is 5. The van der Waals surface area contributed by atoms with Crippen LogP contribution in [0, 0.1) is 5.92 Å². The van der Waals surface area contributed by atoms with E-state index in [1.807, 2.05) is 6.07 Å². The fourth-order valence-electron chi connectivity index (χ4n) is 3.38. The van der Waals surface area contributed by atoms with Gasteiger partial charge in [-0.15, -0.1) is 0 Å². The number of ether oxygens (including phenoxy) is 2. The number of methoxy groups -OCH3 is 2. The van der Waals surface area contributed by atoms with Crippen molar-refractivity contribution in [2.24, 2.45) is 5.92 Å². The summed E-state index contributed by atoms with van der Waals surface area (Å²) in [5, 5.41) is 0. The van der Waals surface area contributed by atoms with Gasteiger partial charge in [0.2, 0.25) is 0 Å². The maximum atomic E-state index is 5.32. The van der Waals surface area contributed by atoms with Crippen molar-refractivity contribution in [3.63, 3.8) is 0 Å². The van der Waals surface area contributed by atoms with E-state index >= 15 is 0 Å². The summed E-state index contributed by atoms with van der Waals surface area (Å²) in [6.45, 7) is 0. The zero-order valence-electron chi connectivity index (χ0n) is 13.5. The van der Waals surface area contributed by atoms with Crippen molar-refractivity contribution in [1.29, 1.82) is 0 Å². The van der Waals surface area contributed by atoms with E-state index in [9.17, 15) is 0 Å². The predicted octanol–water partition coefficient (Wildman–Crippen LogP) is 4.44. The topological polar surface area (TPSA) is 18.5 Å². The van der Waals surface area contributed by atoms with Crippen molar-refractivity contribution in [3.05, 3.63) is 59.2 Å². The zero-order chi connectivity index (χ0) is 15.4. The van der Waals surface area contributed by atoms with E-state index in [1.54, 1.807) is 14.2 Å². The third-order valence-electron chi connectivity index (χ3n) is 4.72. The highest BCUT2D eigenvalue weighted by molar-refractivity contribution is 5.37. The van der Waals surface area contributed by atoms with Crippen LogP contribution in [0.3, 0.4) is 0 Å². The van der Waals surface area contributed by atoms with Crippen LogP contribution in [0.4, 0.5) is 0 Å². The Morgan fingerprint density at radius 2 is 1.77 bits per heavy atom. The van der Waals surface area contributed by atoms with Gasteiger partial charge in [-0.3, -0.25) is 0 Å². The summed E-state index contributed by atoms with van der Waals surface area (Å²) in [5.74, 6) is 2.72. The summed E-state index contributed by atoms with van der Waals surface area (Å²) in [6, 6.07) is 15.0. The number of benzene rings is 2. The standard InChI is InChI=1S/C20H24O2/c1-21-19-5-3-4-15(13-19)6-7-16-8-9-18-14-20(22-2)11-10-17(18)12-16/h3-5,10-11,13-14,16H,6-9,12H2,1-2H3. The van der Waals surface area contributed by atoms with Crippen molar-refractivity contribution >= 4 is 0 Å². The lowest BCUT2D eigenvalue weighted by Crippen LogP contribution is -2.15. The van der Waals surface area contributed by atoms with Gasteiger partial charge >= 0.3 is 0 Å². The fraction of sp³-hybridized carbons (Fsp3) is 0.400. The lowest BCUT2D eigenvalue weighted by Gasteiger charge is -2.25. The molecule has 0 saturated heterocycles. The van der Waals surface area contributed by atoms with Crippen molar-refractivity contribution in [2.75, 3.05) is 14.2 Å². The minimum atomic E-state index is 0.784. The minimum Gasteiger partial charge on any atom is -0.497 e. The van der Waals surface area contributed by atoms with Crippen molar-refractivity contribution in [3.8, 4) is 11.5 Å². The second kappa shape index (κ2) is 6.87. The van der Waals surface area contributed by atoms with Crippen molar-refractivity contribution in [2.45, 2.75) is 32.1 Å². The van der Waals surface area contributed by atoms with E-state index in [1.165, 1.54) is 42.4 Å². The molecule has 0 amide bonds.